The molecule has 2 aliphatic rings. The van der Waals surface area contributed by atoms with Gasteiger partial charge in [0.2, 0.25) is 17.7 Å². The largest absolute Gasteiger partial charge is 0.416 e. The van der Waals surface area contributed by atoms with Crippen molar-refractivity contribution in [2.75, 3.05) is 29.0 Å². The fraction of sp³-hybridized carbons (Fsp3) is 0.348. The molecule has 3 heterocycles. The molecule has 188 valence electrons. The van der Waals surface area contributed by atoms with Crippen LogP contribution in [-0.4, -0.2) is 46.2 Å². The number of amides is 3. The van der Waals surface area contributed by atoms with Gasteiger partial charge in [0.1, 0.15) is 5.69 Å². The average molecular weight is 502 g/mol. The Morgan fingerprint density at radius 3 is 2.50 bits per heavy atom. The van der Waals surface area contributed by atoms with E-state index in [0.29, 0.717) is 31.4 Å². The second-order valence-corrected chi connectivity index (χ2v) is 8.83. The number of carbonyl (C=O) groups is 2. The number of halogens is 3. The first-order valence-corrected chi connectivity index (χ1v) is 11.3. The standard InChI is InChI=1S/C23H22F3N7O3/c24-23(25,26)15-7-17(28-21(34)14-10-32(11-14)19-4-5-19)9-18(8-15)29-22(35)30-20-13-33(31-36-20)12-16-3-1-2-6-27-16/h1-3,6-9,13-14,19H,4-5,10-12H2,(H2-,28,29,30,31,34,35)/p+1. The van der Waals surface area contributed by atoms with Crippen LogP contribution in [0, 0.1) is 5.92 Å². The van der Waals surface area contributed by atoms with Gasteiger partial charge in [0.05, 0.1) is 11.5 Å². The maximum absolute atomic E-state index is 13.5. The van der Waals surface area contributed by atoms with Crippen LogP contribution < -0.4 is 20.6 Å². The third kappa shape index (κ3) is 5.79. The molecule has 0 atom stereocenters. The zero-order valence-electron chi connectivity index (χ0n) is 19.0. The van der Waals surface area contributed by atoms with Gasteiger partial charge in [0, 0.05) is 36.7 Å². The lowest BCUT2D eigenvalue weighted by Gasteiger charge is -2.38. The number of hydrogen-bond acceptors (Lipinski definition) is 6. The maximum Gasteiger partial charge on any atom is 0.416 e. The van der Waals surface area contributed by atoms with Crippen LogP contribution in [0.3, 0.4) is 0 Å². The first kappa shape index (κ1) is 23.7. The van der Waals surface area contributed by atoms with Crippen LogP contribution in [0.2, 0.25) is 0 Å². The molecule has 3 amide bonds. The number of likely N-dealkylation sites (tertiary alicyclic amines) is 1. The van der Waals surface area contributed by atoms with Crippen molar-refractivity contribution in [3.63, 3.8) is 0 Å². The number of urea groups is 1. The first-order chi connectivity index (χ1) is 17.2. The van der Waals surface area contributed by atoms with E-state index < -0.39 is 17.8 Å². The van der Waals surface area contributed by atoms with E-state index in [2.05, 4.69) is 31.1 Å². The number of anilines is 3. The summed E-state index contributed by atoms with van der Waals surface area (Å²) in [5.74, 6) is -0.640. The molecule has 5 rings (SSSR count). The highest BCUT2D eigenvalue weighted by Gasteiger charge is 2.41. The smallest absolute Gasteiger partial charge is 0.326 e. The molecule has 1 aliphatic carbocycles. The van der Waals surface area contributed by atoms with Crippen LogP contribution in [0.1, 0.15) is 24.1 Å². The lowest BCUT2D eigenvalue weighted by Crippen LogP contribution is -2.52. The summed E-state index contributed by atoms with van der Waals surface area (Å²) in [7, 11) is 0. The highest BCUT2D eigenvalue weighted by atomic mass is 19.4. The van der Waals surface area contributed by atoms with Gasteiger partial charge in [-0.3, -0.25) is 24.5 Å². The van der Waals surface area contributed by atoms with Gasteiger partial charge in [0.15, 0.2) is 0 Å². The summed E-state index contributed by atoms with van der Waals surface area (Å²) in [6.45, 7) is 1.49. The molecule has 0 spiro atoms. The Morgan fingerprint density at radius 2 is 1.83 bits per heavy atom. The second kappa shape index (κ2) is 9.57. The Bertz CT molecular complexity index is 1260. The Labute approximate surface area is 203 Å². The Balaban J connectivity index is 1.22. The lowest BCUT2D eigenvalue weighted by atomic mass is 9.98. The van der Waals surface area contributed by atoms with Crippen molar-refractivity contribution in [2.24, 2.45) is 5.92 Å². The molecular weight excluding hydrogens is 479 g/mol. The van der Waals surface area contributed by atoms with E-state index in [1.807, 2.05) is 6.07 Å². The molecular formula is C23H23F3N7O3+. The van der Waals surface area contributed by atoms with E-state index >= 15 is 0 Å². The van der Waals surface area contributed by atoms with Crippen molar-refractivity contribution in [3.8, 4) is 0 Å². The lowest BCUT2D eigenvalue weighted by molar-refractivity contribution is -0.755. The normalized spacial score (nSPS) is 16.3. The van der Waals surface area contributed by atoms with Crippen molar-refractivity contribution < 1.29 is 32.0 Å². The Kier molecular flexibility index (Phi) is 6.31. The summed E-state index contributed by atoms with van der Waals surface area (Å²) in [4.78, 5) is 31.3. The van der Waals surface area contributed by atoms with Gasteiger partial charge < -0.3 is 10.6 Å². The molecule has 36 heavy (non-hydrogen) atoms. The van der Waals surface area contributed by atoms with Crippen LogP contribution in [0.25, 0.3) is 0 Å². The highest BCUT2D eigenvalue weighted by molar-refractivity contribution is 6.00. The number of alkyl halides is 3. The van der Waals surface area contributed by atoms with Crippen molar-refractivity contribution >= 4 is 29.2 Å². The molecule has 1 aromatic carbocycles. The summed E-state index contributed by atoms with van der Waals surface area (Å²) in [5.41, 5.74) is -0.487. The van der Waals surface area contributed by atoms with Crippen LogP contribution >= 0.6 is 0 Å². The zero-order valence-corrected chi connectivity index (χ0v) is 19.0. The van der Waals surface area contributed by atoms with Crippen LogP contribution in [0.4, 0.5) is 35.2 Å². The molecule has 0 bridgehead atoms. The zero-order chi connectivity index (χ0) is 25.3. The van der Waals surface area contributed by atoms with Crippen LogP contribution in [0.15, 0.2) is 53.3 Å². The molecule has 3 N–H and O–H groups in total. The van der Waals surface area contributed by atoms with E-state index in [0.717, 1.165) is 25.0 Å². The van der Waals surface area contributed by atoms with Crippen molar-refractivity contribution in [2.45, 2.75) is 31.6 Å². The number of carbonyl (C=O) groups excluding carboxylic acids is 2. The van der Waals surface area contributed by atoms with Gasteiger partial charge in [-0.15, -0.1) is 0 Å². The molecule has 3 aromatic rings. The van der Waals surface area contributed by atoms with Crippen LogP contribution in [0.5, 0.6) is 0 Å². The molecule has 0 radical (unpaired) electrons. The number of pyridine rings is 1. The first-order valence-electron chi connectivity index (χ1n) is 11.3. The Morgan fingerprint density at radius 1 is 1.08 bits per heavy atom. The molecule has 13 heteroatoms. The van der Waals surface area contributed by atoms with Gasteiger partial charge in [-0.2, -0.15) is 13.2 Å². The van der Waals surface area contributed by atoms with Gasteiger partial charge in [-0.25, -0.2) is 4.79 Å². The van der Waals surface area contributed by atoms with E-state index in [-0.39, 0.29) is 29.1 Å². The predicted octanol–water partition coefficient (Wildman–Crippen LogP) is 3.10. The fourth-order valence-corrected chi connectivity index (χ4v) is 3.94. The molecule has 1 saturated heterocycles. The maximum atomic E-state index is 13.5. The number of benzene rings is 1. The van der Waals surface area contributed by atoms with Crippen LogP contribution in [-0.2, 0) is 17.5 Å². The molecule has 2 fully saturated rings. The number of aromatic nitrogens is 3. The van der Waals surface area contributed by atoms with Gasteiger partial charge in [0.25, 0.3) is 6.20 Å². The van der Waals surface area contributed by atoms with Crippen molar-refractivity contribution in [3.05, 3.63) is 60.0 Å². The topological polar surface area (TPSA) is 116 Å². The number of nitrogens with zero attached hydrogens (tertiary/aromatic N) is 4. The minimum atomic E-state index is -4.67. The van der Waals surface area contributed by atoms with Gasteiger partial charge in [-0.05, 0) is 47.9 Å². The second-order valence-electron chi connectivity index (χ2n) is 8.83. The van der Waals surface area contributed by atoms with Gasteiger partial charge >= 0.3 is 18.1 Å². The van der Waals surface area contributed by atoms with E-state index in [4.69, 9.17) is 4.52 Å². The van der Waals surface area contributed by atoms with Crippen molar-refractivity contribution in [1.29, 1.82) is 0 Å². The van der Waals surface area contributed by atoms with E-state index in [9.17, 15) is 22.8 Å². The number of nitrogens with one attached hydrogen (secondary N) is 3. The third-order valence-corrected chi connectivity index (χ3v) is 5.93. The highest BCUT2D eigenvalue weighted by Crippen LogP contribution is 2.35. The monoisotopic (exact) mass is 502 g/mol. The summed E-state index contributed by atoms with van der Waals surface area (Å²) < 4.78 is 46.8. The van der Waals surface area contributed by atoms with E-state index in [1.165, 1.54) is 16.9 Å². The van der Waals surface area contributed by atoms with Gasteiger partial charge in [-0.1, -0.05) is 6.07 Å². The molecule has 1 aliphatic heterocycles. The van der Waals surface area contributed by atoms with E-state index in [1.54, 1.807) is 18.3 Å². The quantitative estimate of drug-likeness (QED) is 0.428. The van der Waals surface area contributed by atoms with Crippen molar-refractivity contribution in [1.82, 2.24) is 15.2 Å². The SMILES string of the molecule is O=C(Nc1cc(NC(=O)C2CN(C3CC3)C2)cc(C(F)(F)F)c1)Nc1c[n+](Cc2ccccn2)no1. The fourth-order valence-electron chi connectivity index (χ4n) is 3.94. The molecule has 1 saturated carbocycles. The number of rotatable bonds is 7. The summed E-state index contributed by atoms with van der Waals surface area (Å²) in [5, 5.41) is 11.0. The molecule has 0 unspecified atom stereocenters. The summed E-state index contributed by atoms with van der Waals surface area (Å²) in [6, 6.07) is 7.97. The molecule has 10 nitrogen and oxygen atoms in total. The summed E-state index contributed by atoms with van der Waals surface area (Å²) in [6.07, 6.45) is 0.614. The average Bonchev–Trinajstić information content (AvgIpc) is 3.52. The predicted molar refractivity (Wildman–Crippen MR) is 121 cm³/mol. The third-order valence-electron chi connectivity index (χ3n) is 5.93. The minimum absolute atomic E-state index is 0.0193. The molecule has 2 aromatic heterocycles. The minimum Gasteiger partial charge on any atom is -0.326 e. The summed E-state index contributed by atoms with van der Waals surface area (Å²) >= 11 is 0. The number of hydrogen-bond donors (Lipinski definition) is 3. The Hall–Kier alpha value is -4.00.